The summed E-state index contributed by atoms with van der Waals surface area (Å²) in [6.45, 7) is 6.73. The average molecular weight is 321 g/mol. The van der Waals surface area contributed by atoms with Crippen LogP contribution in [0.4, 0.5) is 0 Å². The van der Waals surface area contributed by atoms with Crippen LogP contribution >= 0.6 is 15.9 Å². The summed E-state index contributed by atoms with van der Waals surface area (Å²) in [5, 5.41) is 0. The summed E-state index contributed by atoms with van der Waals surface area (Å²) in [6, 6.07) is 8.38. The molecule has 0 aliphatic rings. The molecule has 0 saturated carbocycles. The number of nitrogens with zero attached hydrogens (tertiary/aromatic N) is 2. The molecule has 0 amide bonds. The maximum Gasteiger partial charge on any atom is 0.268 e. The lowest BCUT2D eigenvalue weighted by molar-refractivity contribution is 0.695. The Morgan fingerprint density at radius 2 is 1.89 bits per heavy atom. The van der Waals surface area contributed by atoms with Gasteiger partial charge in [-0.1, -0.05) is 38.1 Å². The predicted octanol–water partition coefficient (Wildman–Crippen LogP) is 3.49. The minimum atomic E-state index is -0.0413. The largest absolute Gasteiger partial charge is 0.291 e. The number of benzene rings is 1. The van der Waals surface area contributed by atoms with Crippen LogP contribution in [0.2, 0.25) is 0 Å². The number of hydrogen-bond donors (Lipinski definition) is 0. The highest BCUT2D eigenvalue weighted by Crippen LogP contribution is 2.15. The Labute approximate surface area is 121 Å². The summed E-state index contributed by atoms with van der Waals surface area (Å²) in [5.74, 6) is 1.24. The van der Waals surface area contributed by atoms with E-state index < -0.39 is 0 Å². The van der Waals surface area contributed by atoms with Crippen molar-refractivity contribution in [1.29, 1.82) is 0 Å². The van der Waals surface area contributed by atoms with E-state index in [0.29, 0.717) is 16.9 Å². The molecule has 0 N–H and O–H groups in total. The maximum absolute atomic E-state index is 12.0. The van der Waals surface area contributed by atoms with Gasteiger partial charge in [-0.3, -0.25) is 9.36 Å². The van der Waals surface area contributed by atoms with Crippen molar-refractivity contribution in [3.05, 3.63) is 62.2 Å². The van der Waals surface area contributed by atoms with Gasteiger partial charge in [0.1, 0.15) is 10.3 Å². The molecule has 0 aliphatic carbocycles. The lowest BCUT2D eigenvalue weighted by Gasteiger charge is -2.11. The molecule has 2 aromatic rings. The van der Waals surface area contributed by atoms with Gasteiger partial charge in [0.05, 0.1) is 6.54 Å². The fourth-order valence-corrected chi connectivity index (χ4v) is 2.24. The second-order valence-corrected chi connectivity index (χ2v) is 5.80. The second kappa shape index (κ2) is 5.70. The molecule has 1 heterocycles. The van der Waals surface area contributed by atoms with E-state index in [0.717, 1.165) is 11.4 Å². The Morgan fingerprint density at radius 3 is 2.47 bits per heavy atom. The zero-order valence-corrected chi connectivity index (χ0v) is 12.9. The van der Waals surface area contributed by atoms with E-state index in [2.05, 4.69) is 59.0 Å². The van der Waals surface area contributed by atoms with E-state index in [1.165, 1.54) is 5.56 Å². The van der Waals surface area contributed by atoms with Gasteiger partial charge in [-0.15, -0.1) is 0 Å². The molecule has 2 rings (SSSR count). The Morgan fingerprint density at radius 1 is 1.26 bits per heavy atom. The summed E-state index contributed by atoms with van der Waals surface area (Å²) < 4.78 is 2.17. The standard InChI is InChI=1S/C15H17BrN2O/c1-10(2)13-6-4-12(5-7-13)9-18-11(3)17-8-14(16)15(18)19/h4-8,10H,9H2,1-3H3. The zero-order valence-electron chi connectivity index (χ0n) is 11.4. The van der Waals surface area contributed by atoms with Gasteiger partial charge in [-0.25, -0.2) is 4.98 Å². The molecule has 1 aromatic heterocycles. The smallest absolute Gasteiger partial charge is 0.268 e. The first-order valence-corrected chi connectivity index (χ1v) is 7.09. The van der Waals surface area contributed by atoms with Crippen molar-refractivity contribution >= 4 is 15.9 Å². The van der Waals surface area contributed by atoms with Gasteiger partial charge in [0.25, 0.3) is 5.56 Å². The molecule has 0 bridgehead atoms. The Kier molecular flexibility index (Phi) is 4.20. The van der Waals surface area contributed by atoms with Crippen LogP contribution in [0.1, 0.15) is 36.7 Å². The van der Waals surface area contributed by atoms with Crippen molar-refractivity contribution in [2.24, 2.45) is 0 Å². The Hall–Kier alpha value is -1.42. The number of halogens is 1. The van der Waals surface area contributed by atoms with Crippen molar-refractivity contribution in [3.8, 4) is 0 Å². The molecular weight excluding hydrogens is 304 g/mol. The third-order valence-electron chi connectivity index (χ3n) is 3.19. The summed E-state index contributed by atoms with van der Waals surface area (Å²) in [7, 11) is 0. The van der Waals surface area contributed by atoms with Crippen LogP contribution in [0.15, 0.2) is 39.7 Å². The van der Waals surface area contributed by atoms with E-state index in [4.69, 9.17) is 0 Å². The molecule has 19 heavy (non-hydrogen) atoms. The lowest BCUT2D eigenvalue weighted by Crippen LogP contribution is -2.24. The molecule has 100 valence electrons. The van der Waals surface area contributed by atoms with Gasteiger partial charge in [0, 0.05) is 6.20 Å². The molecule has 0 spiro atoms. The predicted molar refractivity (Wildman–Crippen MR) is 80.6 cm³/mol. The highest BCUT2D eigenvalue weighted by atomic mass is 79.9. The van der Waals surface area contributed by atoms with Crippen molar-refractivity contribution < 1.29 is 0 Å². The van der Waals surface area contributed by atoms with Crippen molar-refractivity contribution in [3.63, 3.8) is 0 Å². The summed E-state index contributed by atoms with van der Waals surface area (Å²) in [4.78, 5) is 16.2. The molecule has 3 nitrogen and oxygen atoms in total. The van der Waals surface area contributed by atoms with Crippen LogP contribution in [0.3, 0.4) is 0 Å². The van der Waals surface area contributed by atoms with Crippen LogP contribution in [0, 0.1) is 6.92 Å². The van der Waals surface area contributed by atoms with Gasteiger partial charge in [0.2, 0.25) is 0 Å². The molecule has 0 atom stereocenters. The third-order valence-corrected chi connectivity index (χ3v) is 3.74. The molecule has 0 radical (unpaired) electrons. The van der Waals surface area contributed by atoms with Crippen molar-refractivity contribution in [2.45, 2.75) is 33.2 Å². The summed E-state index contributed by atoms with van der Waals surface area (Å²) in [5.41, 5.74) is 2.37. The van der Waals surface area contributed by atoms with E-state index >= 15 is 0 Å². The van der Waals surface area contributed by atoms with Crippen LogP contribution in [-0.2, 0) is 6.54 Å². The van der Waals surface area contributed by atoms with Crippen molar-refractivity contribution in [1.82, 2.24) is 9.55 Å². The Balaban J connectivity index is 2.31. The summed E-state index contributed by atoms with van der Waals surface area (Å²) in [6.07, 6.45) is 1.55. The van der Waals surface area contributed by atoms with E-state index in [1.54, 1.807) is 10.8 Å². The van der Waals surface area contributed by atoms with Crippen LogP contribution < -0.4 is 5.56 Å². The monoisotopic (exact) mass is 320 g/mol. The average Bonchev–Trinajstić information content (AvgIpc) is 2.40. The molecular formula is C15H17BrN2O. The third kappa shape index (κ3) is 3.13. The van der Waals surface area contributed by atoms with E-state index in [9.17, 15) is 4.79 Å². The lowest BCUT2D eigenvalue weighted by atomic mass is 10.0. The molecule has 0 unspecified atom stereocenters. The molecule has 0 fully saturated rings. The first kappa shape index (κ1) is 14.0. The fourth-order valence-electron chi connectivity index (χ4n) is 1.93. The molecule has 0 aliphatic heterocycles. The number of hydrogen-bond acceptors (Lipinski definition) is 2. The minimum Gasteiger partial charge on any atom is -0.291 e. The fraction of sp³-hybridized carbons (Fsp3) is 0.333. The highest BCUT2D eigenvalue weighted by Gasteiger charge is 2.06. The number of aryl methyl sites for hydroxylation is 1. The summed E-state index contributed by atoms with van der Waals surface area (Å²) >= 11 is 3.23. The number of aromatic nitrogens is 2. The first-order chi connectivity index (χ1) is 8.99. The van der Waals surface area contributed by atoms with Crippen LogP contribution in [0.25, 0.3) is 0 Å². The van der Waals surface area contributed by atoms with Crippen LogP contribution in [0.5, 0.6) is 0 Å². The van der Waals surface area contributed by atoms with E-state index in [-0.39, 0.29) is 5.56 Å². The molecule has 1 aromatic carbocycles. The SMILES string of the molecule is Cc1ncc(Br)c(=O)n1Cc1ccc(C(C)C)cc1. The second-order valence-electron chi connectivity index (χ2n) is 4.94. The quantitative estimate of drug-likeness (QED) is 0.867. The number of rotatable bonds is 3. The maximum atomic E-state index is 12.0. The first-order valence-electron chi connectivity index (χ1n) is 6.30. The minimum absolute atomic E-state index is 0.0413. The van der Waals surface area contributed by atoms with Crippen LogP contribution in [-0.4, -0.2) is 9.55 Å². The van der Waals surface area contributed by atoms with Gasteiger partial charge in [-0.05, 0) is 39.9 Å². The topological polar surface area (TPSA) is 34.9 Å². The highest BCUT2D eigenvalue weighted by molar-refractivity contribution is 9.10. The van der Waals surface area contributed by atoms with Crippen molar-refractivity contribution in [2.75, 3.05) is 0 Å². The van der Waals surface area contributed by atoms with E-state index in [1.807, 2.05) is 6.92 Å². The van der Waals surface area contributed by atoms with Gasteiger partial charge >= 0.3 is 0 Å². The Bertz CT molecular complexity index is 630. The normalized spacial score (nSPS) is 11.0. The molecule has 4 heteroatoms. The van der Waals surface area contributed by atoms with Gasteiger partial charge in [0.15, 0.2) is 0 Å². The molecule has 0 saturated heterocycles. The van der Waals surface area contributed by atoms with Gasteiger partial charge in [-0.2, -0.15) is 0 Å². The zero-order chi connectivity index (χ0) is 14.0. The van der Waals surface area contributed by atoms with Gasteiger partial charge < -0.3 is 0 Å².